The van der Waals surface area contributed by atoms with Gasteiger partial charge in [-0.3, -0.25) is 0 Å². The summed E-state index contributed by atoms with van der Waals surface area (Å²) in [6.45, 7) is 5.81. The Morgan fingerprint density at radius 2 is 1.76 bits per heavy atom. The fourth-order valence-electron chi connectivity index (χ4n) is 1.85. The number of hydrogen-bond acceptors (Lipinski definition) is 5. The van der Waals surface area contributed by atoms with E-state index in [1.807, 2.05) is 20.8 Å². The van der Waals surface area contributed by atoms with Crippen LogP contribution in [0.5, 0.6) is 0 Å². The average Bonchev–Trinajstić information content (AvgIpc) is 2.29. The fourth-order valence-corrected chi connectivity index (χ4v) is 2.25. The van der Waals surface area contributed by atoms with Crippen LogP contribution in [0.3, 0.4) is 0 Å². The first-order valence-electron chi connectivity index (χ1n) is 5.82. The van der Waals surface area contributed by atoms with Crippen LogP contribution in [-0.4, -0.2) is 16.2 Å². The van der Waals surface area contributed by atoms with Crippen LogP contribution in [0.1, 0.15) is 52.9 Å². The summed E-state index contributed by atoms with van der Waals surface area (Å²) in [5.41, 5.74) is -1.97. The Morgan fingerprint density at radius 1 is 1.29 bits per heavy atom. The Bertz CT molecular complexity index is 288. The summed E-state index contributed by atoms with van der Waals surface area (Å²) in [6, 6.07) is 0. The molecule has 0 aliphatic rings. The predicted octanol–water partition coefficient (Wildman–Crippen LogP) is 2.95. The van der Waals surface area contributed by atoms with Gasteiger partial charge in [0.05, 0.1) is 0 Å². The van der Waals surface area contributed by atoms with Gasteiger partial charge in [0, 0.05) is 0 Å². The van der Waals surface area contributed by atoms with Gasteiger partial charge in [0.25, 0.3) is 0 Å². The third kappa shape index (κ3) is 4.76. The van der Waals surface area contributed by atoms with Crippen molar-refractivity contribution in [2.24, 2.45) is 5.90 Å². The normalized spacial score (nSPS) is 15.4. The molecule has 0 aliphatic heterocycles. The quantitative estimate of drug-likeness (QED) is 0.518. The number of hydrogen-bond donors (Lipinski definition) is 2. The van der Waals surface area contributed by atoms with Crippen molar-refractivity contribution < 1.29 is 23.6 Å². The van der Waals surface area contributed by atoms with E-state index in [-0.39, 0.29) is 0 Å². The third-order valence-electron chi connectivity index (χ3n) is 2.73. The largest absolute Gasteiger partial charge is 0.451 e. The number of carbonyl (C=O) groups is 1. The SMILES string of the molecule is CCCC(CC)(CCC)OC(=O)P(=O)(O)ON. The molecular weight excluding hydrogens is 245 g/mol. The van der Waals surface area contributed by atoms with Gasteiger partial charge in [-0.15, -0.1) is 0 Å². The highest BCUT2D eigenvalue weighted by molar-refractivity contribution is 7.70. The standard InChI is InChI=1S/C10H22NO5P/c1-4-7-10(6-3,8-5-2)15-9(12)17(13,14)16-11/h4-8,11H2,1-3H3,(H,13,14). The maximum Gasteiger partial charge on any atom is 0.451 e. The molecule has 1 unspecified atom stereocenters. The van der Waals surface area contributed by atoms with Crippen molar-refractivity contribution in [2.75, 3.05) is 0 Å². The second-order valence-corrected chi connectivity index (χ2v) is 5.65. The van der Waals surface area contributed by atoms with Gasteiger partial charge in [0.15, 0.2) is 0 Å². The summed E-state index contributed by atoms with van der Waals surface area (Å²) in [5, 5.41) is 0. The topological polar surface area (TPSA) is 98.9 Å². The van der Waals surface area contributed by atoms with Gasteiger partial charge >= 0.3 is 13.3 Å². The van der Waals surface area contributed by atoms with Gasteiger partial charge < -0.3 is 9.63 Å². The van der Waals surface area contributed by atoms with E-state index in [1.54, 1.807) is 0 Å². The van der Waals surface area contributed by atoms with Crippen molar-refractivity contribution in [1.82, 2.24) is 0 Å². The highest BCUT2D eigenvalue weighted by Gasteiger charge is 2.39. The molecule has 0 aromatic rings. The number of ether oxygens (including phenoxy) is 1. The smallest absolute Gasteiger partial charge is 0.450 e. The molecule has 0 radical (unpaired) electrons. The minimum Gasteiger partial charge on any atom is -0.450 e. The molecule has 0 saturated carbocycles. The molecule has 3 N–H and O–H groups in total. The van der Waals surface area contributed by atoms with E-state index in [0.717, 1.165) is 12.8 Å². The van der Waals surface area contributed by atoms with E-state index in [0.29, 0.717) is 19.3 Å². The summed E-state index contributed by atoms with van der Waals surface area (Å²) in [5.74, 6) is 4.60. The lowest BCUT2D eigenvalue weighted by atomic mass is 9.90. The zero-order chi connectivity index (χ0) is 13.5. The first kappa shape index (κ1) is 16.6. The molecule has 0 saturated heterocycles. The van der Waals surface area contributed by atoms with Crippen molar-refractivity contribution in [3.05, 3.63) is 0 Å². The van der Waals surface area contributed by atoms with Crippen LogP contribution in [0.25, 0.3) is 0 Å². The lowest BCUT2D eigenvalue weighted by Gasteiger charge is -2.32. The predicted molar refractivity (Wildman–Crippen MR) is 64.4 cm³/mol. The highest BCUT2D eigenvalue weighted by Crippen LogP contribution is 2.44. The van der Waals surface area contributed by atoms with Crippen molar-refractivity contribution in [1.29, 1.82) is 0 Å². The minimum absolute atomic E-state index is 0.588. The molecule has 0 bridgehead atoms. The van der Waals surface area contributed by atoms with Crippen LogP contribution in [0.2, 0.25) is 0 Å². The average molecular weight is 267 g/mol. The van der Waals surface area contributed by atoms with E-state index in [1.165, 1.54) is 0 Å². The molecule has 7 heteroatoms. The molecule has 0 rings (SSSR count). The number of rotatable bonds is 8. The van der Waals surface area contributed by atoms with Crippen molar-refractivity contribution in [2.45, 2.75) is 58.5 Å². The van der Waals surface area contributed by atoms with Gasteiger partial charge in [-0.25, -0.2) is 19.9 Å². The van der Waals surface area contributed by atoms with E-state index in [4.69, 9.17) is 9.63 Å². The van der Waals surface area contributed by atoms with Crippen LogP contribution in [0.4, 0.5) is 4.79 Å². The Balaban J connectivity index is 4.85. The molecular formula is C10H22NO5P. The van der Waals surface area contributed by atoms with Gasteiger partial charge in [-0.05, 0) is 19.3 Å². The van der Waals surface area contributed by atoms with E-state index in [2.05, 4.69) is 10.5 Å². The Morgan fingerprint density at radius 3 is 2.06 bits per heavy atom. The molecule has 0 amide bonds. The Kier molecular flexibility index (Phi) is 6.94. The Hall–Kier alpha value is -0.420. The van der Waals surface area contributed by atoms with Crippen LogP contribution < -0.4 is 5.90 Å². The van der Waals surface area contributed by atoms with Crippen molar-refractivity contribution in [3.63, 3.8) is 0 Å². The van der Waals surface area contributed by atoms with E-state index < -0.39 is 18.9 Å². The maximum atomic E-state index is 11.5. The van der Waals surface area contributed by atoms with Gasteiger partial charge in [0.2, 0.25) is 0 Å². The van der Waals surface area contributed by atoms with Crippen LogP contribution in [0, 0.1) is 0 Å². The first-order chi connectivity index (χ1) is 7.87. The maximum absolute atomic E-state index is 11.5. The second kappa shape index (κ2) is 7.11. The molecule has 102 valence electrons. The summed E-state index contributed by atoms with van der Waals surface area (Å²) in [4.78, 5) is 20.6. The summed E-state index contributed by atoms with van der Waals surface area (Å²) >= 11 is 0. The van der Waals surface area contributed by atoms with Crippen molar-refractivity contribution >= 4 is 13.3 Å². The first-order valence-corrected chi connectivity index (χ1v) is 7.40. The Labute approximate surface area is 102 Å². The molecule has 0 aromatic heterocycles. The monoisotopic (exact) mass is 267 g/mol. The van der Waals surface area contributed by atoms with E-state index >= 15 is 0 Å². The number of nitrogens with two attached hydrogens (primary N) is 1. The van der Waals surface area contributed by atoms with Crippen LogP contribution >= 0.6 is 7.60 Å². The van der Waals surface area contributed by atoms with E-state index in [9.17, 15) is 9.36 Å². The molecule has 0 spiro atoms. The molecule has 1 atom stereocenters. The van der Waals surface area contributed by atoms with Gasteiger partial charge in [-0.2, -0.15) is 0 Å². The summed E-state index contributed by atoms with van der Waals surface area (Å²) in [7, 11) is -4.50. The molecule has 0 fully saturated rings. The minimum atomic E-state index is -4.50. The lowest BCUT2D eigenvalue weighted by molar-refractivity contribution is 0.00344. The lowest BCUT2D eigenvalue weighted by Crippen LogP contribution is -2.34. The summed E-state index contributed by atoms with van der Waals surface area (Å²) < 4.78 is 20.2. The molecule has 0 aromatic carbocycles. The molecule has 17 heavy (non-hydrogen) atoms. The summed E-state index contributed by atoms with van der Waals surface area (Å²) in [6.07, 6.45) is 3.52. The molecule has 0 heterocycles. The molecule has 0 aliphatic carbocycles. The zero-order valence-electron chi connectivity index (χ0n) is 10.6. The third-order valence-corrected chi connectivity index (χ3v) is 3.57. The number of carbonyl (C=O) groups excluding carboxylic acids is 1. The highest BCUT2D eigenvalue weighted by atomic mass is 31.2. The van der Waals surface area contributed by atoms with Crippen LogP contribution in [0.15, 0.2) is 0 Å². The second-order valence-electron chi connectivity index (χ2n) is 4.03. The van der Waals surface area contributed by atoms with Crippen molar-refractivity contribution in [3.8, 4) is 0 Å². The fraction of sp³-hybridized carbons (Fsp3) is 0.900. The van der Waals surface area contributed by atoms with Gasteiger partial charge in [0.1, 0.15) is 5.60 Å². The molecule has 6 nitrogen and oxygen atoms in total. The van der Waals surface area contributed by atoms with Crippen LogP contribution in [-0.2, 0) is 13.9 Å². The van der Waals surface area contributed by atoms with Gasteiger partial charge in [-0.1, -0.05) is 33.6 Å². The zero-order valence-corrected chi connectivity index (χ0v) is 11.5.